The number of carbonyl (C=O) groups excluding carboxylic acids is 3. The van der Waals surface area contributed by atoms with Gasteiger partial charge in [-0.15, -0.1) is 0 Å². The largest absolute Gasteiger partial charge is 0.418 e. The van der Waals surface area contributed by atoms with E-state index in [0.717, 1.165) is 11.6 Å². The lowest BCUT2D eigenvalue weighted by molar-refractivity contribution is -0.137. The molecule has 0 spiro atoms. The molecule has 35 heavy (non-hydrogen) atoms. The van der Waals surface area contributed by atoms with Crippen molar-refractivity contribution in [2.75, 3.05) is 43.4 Å². The van der Waals surface area contributed by atoms with Crippen LogP contribution in [0.25, 0.3) is 0 Å². The summed E-state index contributed by atoms with van der Waals surface area (Å²) in [6, 6.07) is 11.5. The minimum Gasteiger partial charge on any atom is -0.331 e. The Balaban J connectivity index is 1.48. The van der Waals surface area contributed by atoms with Crippen molar-refractivity contribution >= 4 is 29.2 Å². The first-order valence-electron chi connectivity index (χ1n) is 11.1. The highest BCUT2D eigenvalue weighted by Crippen LogP contribution is 2.34. The number of halogens is 3. The van der Waals surface area contributed by atoms with Gasteiger partial charge in [-0.1, -0.05) is 24.3 Å². The Morgan fingerprint density at radius 3 is 2.31 bits per heavy atom. The second-order valence-electron chi connectivity index (χ2n) is 8.33. The summed E-state index contributed by atoms with van der Waals surface area (Å²) in [6.45, 7) is 4.75. The first-order valence-corrected chi connectivity index (χ1v) is 11.1. The molecule has 0 saturated carbocycles. The third-order valence-corrected chi connectivity index (χ3v) is 5.58. The van der Waals surface area contributed by atoms with Crippen LogP contribution in [0.2, 0.25) is 0 Å². The fourth-order valence-corrected chi connectivity index (χ4v) is 3.79. The summed E-state index contributed by atoms with van der Waals surface area (Å²) < 4.78 is 39.4. The fraction of sp³-hybridized carbons (Fsp3) is 0.375. The Morgan fingerprint density at radius 2 is 1.66 bits per heavy atom. The van der Waals surface area contributed by atoms with Gasteiger partial charge in [-0.05, 0) is 36.8 Å². The van der Waals surface area contributed by atoms with Crippen LogP contribution in [0.15, 0.2) is 48.5 Å². The number of nitrogens with one attached hydrogen (secondary N) is 3. The van der Waals surface area contributed by atoms with Gasteiger partial charge in [0.05, 0.1) is 23.8 Å². The SMILES string of the molecule is CC(=O)Nc1cccc(C(C)NC(=O)N2CCN(CC(=O)Nc3ccccc3C(F)(F)F)CC2)c1. The minimum atomic E-state index is -4.56. The summed E-state index contributed by atoms with van der Waals surface area (Å²) in [5.74, 6) is -0.734. The molecule has 1 saturated heterocycles. The summed E-state index contributed by atoms with van der Waals surface area (Å²) in [7, 11) is 0. The number of rotatable bonds is 6. The lowest BCUT2D eigenvalue weighted by Crippen LogP contribution is -2.53. The van der Waals surface area contributed by atoms with Crippen molar-refractivity contribution in [1.29, 1.82) is 0 Å². The number of amides is 4. The van der Waals surface area contributed by atoms with Crippen molar-refractivity contribution in [3.8, 4) is 0 Å². The van der Waals surface area contributed by atoms with Crippen LogP contribution in [0.5, 0.6) is 0 Å². The van der Waals surface area contributed by atoms with Crippen molar-refractivity contribution in [2.24, 2.45) is 0 Å². The molecule has 3 N–H and O–H groups in total. The van der Waals surface area contributed by atoms with Crippen LogP contribution in [0.3, 0.4) is 0 Å². The molecular weight excluding hydrogens is 463 g/mol. The number of nitrogens with zero attached hydrogens (tertiary/aromatic N) is 2. The van der Waals surface area contributed by atoms with E-state index in [2.05, 4.69) is 16.0 Å². The zero-order chi connectivity index (χ0) is 25.6. The molecule has 188 valence electrons. The van der Waals surface area contributed by atoms with Crippen LogP contribution >= 0.6 is 0 Å². The average molecular weight is 492 g/mol. The number of piperazine rings is 1. The van der Waals surface area contributed by atoms with Gasteiger partial charge in [0, 0.05) is 38.8 Å². The third-order valence-electron chi connectivity index (χ3n) is 5.58. The monoisotopic (exact) mass is 491 g/mol. The lowest BCUT2D eigenvalue weighted by Gasteiger charge is -2.35. The number of urea groups is 1. The standard InChI is InChI=1S/C24H28F3N5O3/c1-16(18-6-5-7-19(14-18)29-17(2)33)28-23(35)32-12-10-31(11-13-32)15-22(34)30-21-9-4-3-8-20(21)24(25,26)27/h3-9,14,16H,10-13,15H2,1-2H3,(H,28,35)(H,29,33)(H,30,34). The van der Waals surface area contributed by atoms with Crippen molar-refractivity contribution < 1.29 is 27.6 Å². The van der Waals surface area contributed by atoms with E-state index < -0.39 is 17.6 Å². The van der Waals surface area contributed by atoms with Gasteiger partial charge in [-0.25, -0.2) is 4.79 Å². The van der Waals surface area contributed by atoms with Gasteiger partial charge in [0.2, 0.25) is 11.8 Å². The topological polar surface area (TPSA) is 93.8 Å². The first-order chi connectivity index (χ1) is 16.5. The number of hydrogen-bond donors (Lipinski definition) is 3. The highest BCUT2D eigenvalue weighted by Gasteiger charge is 2.33. The van der Waals surface area contributed by atoms with Gasteiger partial charge in [0.15, 0.2) is 0 Å². The summed E-state index contributed by atoms with van der Waals surface area (Å²) in [5.41, 5.74) is 0.297. The number of alkyl halides is 3. The van der Waals surface area contributed by atoms with E-state index in [0.29, 0.717) is 31.9 Å². The van der Waals surface area contributed by atoms with Gasteiger partial charge in [-0.2, -0.15) is 13.2 Å². The smallest absolute Gasteiger partial charge is 0.331 e. The third kappa shape index (κ3) is 7.44. The van der Waals surface area contributed by atoms with Crippen LogP contribution < -0.4 is 16.0 Å². The Morgan fingerprint density at radius 1 is 0.971 bits per heavy atom. The van der Waals surface area contributed by atoms with E-state index in [1.54, 1.807) is 28.0 Å². The number of anilines is 2. The maximum absolute atomic E-state index is 13.1. The Bertz CT molecular complexity index is 1070. The summed E-state index contributed by atoms with van der Waals surface area (Å²) in [4.78, 5) is 39.7. The predicted molar refractivity (Wildman–Crippen MR) is 126 cm³/mol. The summed E-state index contributed by atoms with van der Waals surface area (Å²) >= 11 is 0. The fourth-order valence-electron chi connectivity index (χ4n) is 3.79. The normalized spacial score (nSPS) is 15.3. The molecule has 1 fully saturated rings. The Kier molecular flexibility index (Phi) is 8.34. The molecule has 2 aromatic carbocycles. The zero-order valence-electron chi connectivity index (χ0n) is 19.5. The highest BCUT2D eigenvalue weighted by molar-refractivity contribution is 5.93. The molecule has 0 bridgehead atoms. The van der Waals surface area contributed by atoms with Crippen LogP contribution in [0.1, 0.15) is 31.0 Å². The quantitative estimate of drug-likeness (QED) is 0.575. The number of carbonyl (C=O) groups is 3. The first kappa shape index (κ1) is 26.0. The molecular formula is C24H28F3N5O3. The molecule has 3 rings (SSSR count). The molecule has 1 heterocycles. The lowest BCUT2D eigenvalue weighted by atomic mass is 10.1. The van der Waals surface area contributed by atoms with Gasteiger partial charge < -0.3 is 20.9 Å². The van der Waals surface area contributed by atoms with Crippen molar-refractivity contribution in [2.45, 2.75) is 26.1 Å². The molecule has 8 nitrogen and oxygen atoms in total. The van der Waals surface area contributed by atoms with Gasteiger partial charge >= 0.3 is 12.2 Å². The molecule has 2 aromatic rings. The van der Waals surface area contributed by atoms with Gasteiger partial charge in [0.1, 0.15) is 0 Å². The number of hydrogen-bond acceptors (Lipinski definition) is 4. The Labute approximate surface area is 201 Å². The number of para-hydroxylation sites is 1. The molecule has 1 atom stereocenters. The molecule has 0 aromatic heterocycles. The van der Waals surface area contributed by atoms with E-state index in [4.69, 9.17) is 0 Å². The predicted octanol–water partition coefficient (Wildman–Crippen LogP) is 3.69. The molecule has 1 unspecified atom stereocenters. The molecule has 1 aliphatic rings. The maximum Gasteiger partial charge on any atom is 0.418 e. The number of benzene rings is 2. The second-order valence-corrected chi connectivity index (χ2v) is 8.33. The summed E-state index contributed by atoms with van der Waals surface area (Å²) in [6.07, 6.45) is -4.56. The molecule has 11 heteroatoms. The second kappa shape index (κ2) is 11.2. The van der Waals surface area contributed by atoms with E-state index in [-0.39, 0.29) is 30.2 Å². The molecule has 0 aliphatic carbocycles. The van der Waals surface area contributed by atoms with Gasteiger partial charge in [0.25, 0.3) is 0 Å². The van der Waals surface area contributed by atoms with Crippen LogP contribution in [-0.2, 0) is 15.8 Å². The van der Waals surface area contributed by atoms with Gasteiger partial charge in [-0.3, -0.25) is 14.5 Å². The average Bonchev–Trinajstić information content (AvgIpc) is 2.79. The van der Waals surface area contributed by atoms with E-state index >= 15 is 0 Å². The van der Waals surface area contributed by atoms with E-state index in [1.165, 1.54) is 25.1 Å². The molecule has 1 aliphatic heterocycles. The van der Waals surface area contributed by atoms with Crippen molar-refractivity contribution in [3.05, 3.63) is 59.7 Å². The highest BCUT2D eigenvalue weighted by atomic mass is 19.4. The van der Waals surface area contributed by atoms with Crippen molar-refractivity contribution in [3.63, 3.8) is 0 Å². The van der Waals surface area contributed by atoms with Crippen LogP contribution in [-0.4, -0.2) is 60.4 Å². The zero-order valence-corrected chi connectivity index (χ0v) is 19.5. The van der Waals surface area contributed by atoms with E-state index in [9.17, 15) is 27.6 Å². The van der Waals surface area contributed by atoms with E-state index in [1.807, 2.05) is 13.0 Å². The van der Waals surface area contributed by atoms with Crippen LogP contribution in [0, 0.1) is 0 Å². The molecule has 0 radical (unpaired) electrons. The maximum atomic E-state index is 13.1. The Hall–Kier alpha value is -3.60. The van der Waals surface area contributed by atoms with Crippen LogP contribution in [0.4, 0.5) is 29.3 Å². The van der Waals surface area contributed by atoms with Crippen molar-refractivity contribution in [1.82, 2.24) is 15.1 Å². The minimum absolute atomic E-state index is 0.0754. The summed E-state index contributed by atoms with van der Waals surface area (Å²) in [5, 5.41) is 7.97. The molecule has 4 amide bonds.